The van der Waals surface area contributed by atoms with Gasteiger partial charge in [0.25, 0.3) is 0 Å². The molecule has 8 nitrogen and oxygen atoms in total. The Morgan fingerprint density at radius 2 is 1.41 bits per heavy atom. The lowest BCUT2D eigenvalue weighted by atomic mass is 9.96. The van der Waals surface area contributed by atoms with Crippen LogP contribution in [-0.2, 0) is 33.4 Å². The second-order valence-electron chi connectivity index (χ2n) is 6.13. The maximum atomic E-state index is 11.8. The van der Waals surface area contributed by atoms with Crippen molar-refractivity contribution in [2.75, 3.05) is 46.7 Å². The highest BCUT2D eigenvalue weighted by Gasteiger charge is 2.27. The molecule has 0 aromatic carbocycles. The normalized spacial score (nSPS) is 14.1. The number of hydrogen-bond acceptors (Lipinski definition) is 7. The van der Waals surface area contributed by atoms with E-state index in [2.05, 4.69) is 5.32 Å². The summed E-state index contributed by atoms with van der Waals surface area (Å²) in [4.78, 5) is 45.6. The van der Waals surface area contributed by atoms with Crippen LogP contribution in [0.4, 0.5) is 0 Å². The predicted octanol–water partition coefficient (Wildman–Crippen LogP) is 0.626. The van der Waals surface area contributed by atoms with E-state index in [-0.39, 0.29) is 29.7 Å². The third-order valence-electron chi connectivity index (χ3n) is 4.05. The van der Waals surface area contributed by atoms with Gasteiger partial charge < -0.3 is 19.5 Å². The van der Waals surface area contributed by atoms with E-state index < -0.39 is 5.92 Å². The van der Waals surface area contributed by atoms with Gasteiger partial charge in [0.15, 0.2) is 11.6 Å². The number of carbonyl (C=O) groups is 4. The molecule has 1 amide bonds. The van der Waals surface area contributed by atoms with Crippen molar-refractivity contribution in [2.45, 2.75) is 32.1 Å². The third-order valence-corrected chi connectivity index (χ3v) is 4.05. The molecule has 0 unspecified atom stereocenters. The topological polar surface area (TPSA) is 108 Å². The van der Waals surface area contributed by atoms with Gasteiger partial charge in [0.2, 0.25) is 5.91 Å². The maximum Gasteiger partial charge on any atom is 0.222 e. The van der Waals surface area contributed by atoms with Crippen molar-refractivity contribution < 1.29 is 33.4 Å². The van der Waals surface area contributed by atoms with Crippen LogP contribution in [0.1, 0.15) is 32.1 Å². The summed E-state index contributed by atoms with van der Waals surface area (Å²) in [6.45, 7) is 2.55. The fraction of sp³-hybridized carbons (Fsp3) is 0.684. The molecular weight excluding hydrogens is 354 g/mol. The SMILES string of the molecule is CNC(=O)CCOCCOCCOCCCC(=O)CCC1C(=O)C=CC1=O. The molecule has 27 heavy (non-hydrogen) atoms. The van der Waals surface area contributed by atoms with Crippen LogP contribution < -0.4 is 5.32 Å². The van der Waals surface area contributed by atoms with Gasteiger partial charge in [-0.1, -0.05) is 0 Å². The van der Waals surface area contributed by atoms with Gasteiger partial charge in [-0.25, -0.2) is 0 Å². The molecule has 8 heteroatoms. The Bertz CT molecular complexity index is 512. The number of rotatable bonds is 16. The minimum Gasteiger partial charge on any atom is -0.379 e. The number of allylic oxidation sites excluding steroid dienone is 2. The van der Waals surface area contributed by atoms with Crippen LogP contribution in [0.5, 0.6) is 0 Å². The molecule has 0 saturated carbocycles. The highest BCUT2D eigenvalue weighted by atomic mass is 16.5. The van der Waals surface area contributed by atoms with Crippen LogP contribution in [-0.4, -0.2) is 69.9 Å². The zero-order valence-electron chi connectivity index (χ0n) is 15.9. The third kappa shape index (κ3) is 10.7. The first-order valence-corrected chi connectivity index (χ1v) is 9.26. The summed E-state index contributed by atoms with van der Waals surface area (Å²) in [5.41, 5.74) is 0. The van der Waals surface area contributed by atoms with Gasteiger partial charge in [-0.3, -0.25) is 19.2 Å². The second-order valence-corrected chi connectivity index (χ2v) is 6.13. The van der Waals surface area contributed by atoms with Crippen molar-refractivity contribution in [1.82, 2.24) is 5.32 Å². The van der Waals surface area contributed by atoms with E-state index in [1.807, 2.05) is 0 Å². The van der Waals surface area contributed by atoms with Gasteiger partial charge in [-0.05, 0) is 25.0 Å². The monoisotopic (exact) mass is 383 g/mol. The fourth-order valence-electron chi connectivity index (χ4n) is 2.45. The molecule has 1 N–H and O–H groups in total. The van der Waals surface area contributed by atoms with E-state index in [0.717, 1.165) is 0 Å². The summed E-state index contributed by atoms with van der Waals surface area (Å²) < 4.78 is 15.9. The quantitative estimate of drug-likeness (QED) is 0.307. The molecule has 152 valence electrons. The molecule has 0 heterocycles. The predicted molar refractivity (Wildman–Crippen MR) is 97.3 cm³/mol. The molecule has 0 aromatic heterocycles. The number of Topliss-reactive ketones (excluding diaryl/α,β-unsaturated/α-hetero) is 1. The summed E-state index contributed by atoms with van der Waals surface area (Å²) in [6.07, 6.45) is 4.42. The lowest BCUT2D eigenvalue weighted by molar-refractivity contribution is -0.126. The van der Waals surface area contributed by atoms with Crippen LogP contribution in [0.2, 0.25) is 0 Å². The zero-order valence-corrected chi connectivity index (χ0v) is 15.9. The Morgan fingerprint density at radius 3 is 2.00 bits per heavy atom. The zero-order chi connectivity index (χ0) is 19.9. The van der Waals surface area contributed by atoms with Crippen molar-refractivity contribution in [1.29, 1.82) is 0 Å². The van der Waals surface area contributed by atoms with E-state index in [0.29, 0.717) is 65.3 Å². The van der Waals surface area contributed by atoms with E-state index in [1.54, 1.807) is 7.05 Å². The van der Waals surface area contributed by atoms with E-state index in [4.69, 9.17) is 14.2 Å². The van der Waals surface area contributed by atoms with E-state index in [1.165, 1.54) is 12.2 Å². The van der Waals surface area contributed by atoms with Crippen LogP contribution in [0, 0.1) is 5.92 Å². The first-order chi connectivity index (χ1) is 13.0. The van der Waals surface area contributed by atoms with Gasteiger partial charge in [0.1, 0.15) is 5.78 Å². The molecular formula is C19H29NO7. The highest BCUT2D eigenvalue weighted by Crippen LogP contribution is 2.17. The lowest BCUT2D eigenvalue weighted by Crippen LogP contribution is -2.20. The van der Waals surface area contributed by atoms with Crippen LogP contribution in [0.15, 0.2) is 12.2 Å². The molecule has 0 aliphatic heterocycles. The number of carbonyl (C=O) groups excluding carboxylic acids is 4. The maximum absolute atomic E-state index is 11.8. The summed E-state index contributed by atoms with van der Waals surface area (Å²) in [5.74, 6) is -1.08. The summed E-state index contributed by atoms with van der Waals surface area (Å²) >= 11 is 0. The molecule has 0 spiro atoms. The molecule has 0 bridgehead atoms. The van der Waals surface area contributed by atoms with Gasteiger partial charge in [0.05, 0.1) is 39.0 Å². The van der Waals surface area contributed by atoms with Crippen molar-refractivity contribution in [3.8, 4) is 0 Å². The van der Waals surface area contributed by atoms with E-state index in [9.17, 15) is 19.2 Å². The number of ether oxygens (including phenoxy) is 3. The number of hydrogen-bond donors (Lipinski definition) is 1. The average molecular weight is 383 g/mol. The molecule has 1 rings (SSSR count). The highest BCUT2D eigenvalue weighted by molar-refractivity contribution is 6.18. The van der Waals surface area contributed by atoms with Crippen molar-refractivity contribution in [3.63, 3.8) is 0 Å². The lowest BCUT2D eigenvalue weighted by Gasteiger charge is -2.07. The van der Waals surface area contributed by atoms with Crippen LogP contribution in [0.25, 0.3) is 0 Å². The second kappa shape index (κ2) is 14.2. The molecule has 0 atom stereocenters. The van der Waals surface area contributed by atoms with Gasteiger partial charge >= 0.3 is 0 Å². The van der Waals surface area contributed by atoms with Crippen molar-refractivity contribution >= 4 is 23.3 Å². The Morgan fingerprint density at radius 1 is 0.852 bits per heavy atom. The Balaban J connectivity index is 1.84. The molecule has 0 aromatic rings. The van der Waals surface area contributed by atoms with Gasteiger partial charge in [-0.15, -0.1) is 0 Å². The van der Waals surface area contributed by atoms with Gasteiger partial charge in [0, 0.05) is 32.9 Å². The summed E-state index contributed by atoms with van der Waals surface area (Å²) in [7, 11) is 1.58. The minimum absolute atomic E-state index is 0.0382. The van der Waals surface area contributed by atoms with Crippen molar-refractivity contribution in [3.05, 3.63) is 12.2 Å². The molecule has 1 aliphatic rings. The number of nitrogens with one attached hydrogen (secondary N) is 1. The smallest absolute Gasteiger partial charge is 0.222 e. The number of amides is 1. The Hall–Kier alpha value is -1.90. The molecule has 0 saturated heterocycles. The first-order valence-electron chi connectivity index (χ1n) is 9.26. The van der Waals surface area contributed by atoms with E-state index >= 15 is 0 Å². The molecule has 0 fully saturated rings. The Kier molecular flexibility index (Phi) is 12.2. The van der Waals surface area contributed by atoms with Gasteiger partial charge in [-0.2, -0.15) is 0 Å². The first kappa shape index (κ1) is 23.1. The largest absolute Gasteiger partial charge is 0.379 e. The van der Waals surface area contributed by atoms with Crippen LogP contribution in [0.3, 0.4) is 0 Å². The molecule has 1 aliphatic carbocycles. The summed E-state index contributed by atoms with van der Waals surface area (Å²) in [5, 5.41) is 2.51. The number of ketones is 3. The summed E-state index contributed by atoms with van der Waals surface area (Å²) in [6, 6.07) is 0. The average Bonchev–Trinajstić information content (AvgIpc) is 2.98. The fourth-order valence-corrected chi connectivity index (χ4v) is 2.45. The molecule has 0 radical (unpaired) electrons. The van der Waals surface area contributed by atoms with Crippen LogP contribution >= 0.6 is 0 Å². The Labute approximate surface area is 159 Å². The standard InChI is InChI=1S/C19H29NO7/c1-20-19(24)8-10-26-12-14-27-13-11-25-9-2-3-15(21)4-5-16-17(22)6-7-18(16)23/h6-7,16H,2-5,8-14H2,1H3,(H,20,24). The van der Waals surface area contributed by atoms with Crippen molar-refractivity contribution in [2.24, 2.45) is 5.92 Å². The minimum atomic E-state index is -0.657.